The number of hydrogen-bond donors (Lipinski definition) is 3. The number of rotatable bonds is 72. The van der Waals surface area contributed by atoms with E-state index in [1.807, 2.05) is 0 Å². The predicted octanol–water partition coefficient (Wildman–Crippen LogP) is 22.3. The van der Waals surface area contributed by atoms with Crippen LogP contribution >= 0.6 is 15.6 Å². The van der Waals surface area contributed by atoms with Crippen LogP contribution in [-0.2, 0) is 65.4 Å². The average molecular weight is 1450 g/mol. The fraction of sp³-hybridized carbons (Fsp3) is 0.704. The first-order valence-corrected chi connectivity index (χ1v) is 41.8. The van der Waals surface area contributed by atoms with Crippen molar-refractivity contribution in [2.45, 2.75) is 329 Å². The van der Waals surface area contributed by atoms with E-state index >= 15 is 0 Å². The van der Waals surface area contributed by atoms with E-state index in [9.17, 15) is 43.2 Å². The van der Waals surface area contributed by atoms with E-state index in [1.165, 1.54) is 32.1 Å². The molecule has 0 aromatic heterocycles. The number of hydrogen-bond acceptors (Lipinski definition) is 15. The second-order valence-corrected chi connectivity index (χ2v) is 28.4. The summed E-state index contributed by atoms with van der Waals surface area (Å²) in [6.07, 6.45) is 79.0. The Hall–Kier alpha value is -4.54. The zero-order chi connectivity index (χ0) is 73.2. The van der Waals surface area contributed by atoms with Gasteiger partial charge in [0.15, 0.2) is 12.2 Å². The maximum Gasteiger partial charge on any atom is 0.472 e. The van der Waals surface area contributed by atoms with Gasteiger partial charge < -0.3 is 33.8 Å². The van der Waals surface area contributed by atoms with Crippen LogP contribution in [0.2, 0.25) is 0 Å². The molecule has 0 spiro atoms. The Morgan fingerprint density at radius 2 is 0.530 bits per heavy atom. The Morgan fingerprint density at radius 1 is 0.290 bits per heavy atom. The van der Waals surface area contributed by atoms with E-state index in [0.717, 1.165) is 199 Å². The van der Waals surface area contributed by atoms with Crippen molar-refractivity contribution in [3.05, 3.63) is 122 Å². The summed E-state index contributed by atoms with van der Waals surface area (Å²) in [5, 5.41) is 10.6. The predicted molar refractivity (Wildman–Crippen MR) is 408 cm³/mol. The van der Waals surface area contributed by atoms with Crippen molar-refractivity contribution in [1.29, 1.82) is 0 Å². The minimum Gasteiger partial charge on any atom is -0.462 e. The molecule has 3 N–H and O–H groups in total. The SMILES string of the molecule is CC/C=C\C/C=C\C/C=C\C/C=C\CCCCCCC(=O)OCC(COP(=O)(O)OCC(O)COP(=O)(O)OCC(COC(=O)CCCCCCC/C=C\C/C=C\CCCCC)OC(=O)CCCCCCC/C=C\CCCC)OC(=O)CCCCCCCCC/C=C\C/C=C\C/C=C\CC. The fourth-order valence-corrected chi connectivity index (χ4v) is 11.6. The maximum absolute atomic E-state index is 13.1. The molecule has 0 aromatic carbocycles. The highest BCUT2D eigenvalue weighted by Gasteiger charge is 2.30. The Labute approximate surface area is 606 Å². The van der Waals surface area contributed by atoms with Crippen LogP contribution in [0.4, 0.5) is 0 Å². The van der Waals surface area contributed by atoms with Crippen molar-refractivity contribution in [3.63, 3.8) is 0 Å². The normalized spacial score (nSPS) is 14.6. The Bertz CT molecular complexity index is 2370. The fourth-order valence-electron chi connectivity index (χ4n) is 10.0. The first kappa shape index (κ1) is 95.5. The van der Waals surface area contributed by atoms with Gasteiger partial charge in [-0.1, -0.05) is 258 Å². The molecule has 0 aliphatic heterocycles. The standard InChI is InChI=1S/C81H138O17P2/c1-5-9-13-17-21-25-29-32-35-37-40-43-47-50-54-58-62-66-79(84)92-72-77(98-81(86)68-64-60-56-52-48-44-41-38-36-33-30-26-22-18-14-10-6-2)74-96-100(89,90)94-70-75(82)69-93-99(87,88)95-73-76(97-80(85)67-63-59-55-51-45-28-24-20-16-12-8-4)71-91-78(83)65-61-57-53-49-46-42-39-34-31-27-23-19-15-11-7-3/h9-10,13-14,20-27,32-36,39-40,43,75-77,82H,5-8,11-12,15-19,28-31,37-38,41-42,44-74H2,1-4H3,(H,87,88)(H,89,90)/b13-9-,14-10-,24-20-,25-21-,26-22-,27-23-,35-32-,36-33-,39-34-,43-40-. The van der Waals surface area contributed by atoms with Gasteiger partial charge in [0.2, 0.25) is 0 Å². The van der Waals surface area contributed by atoms with E-state index in [2.05, 4.69) is 149 Å². The number of ether oxygens (including phenoxy) is 4. The van der Waals surface area contributed by atoms with E-state index in [0.29, 0.717) is 25.7 Å². The third kappa shape index (κ3) is 71.8. The molecule has 0 radical (unpaired) electrons. The largest absolute Gasteiger partial charge is 0.472 e. The van der Waals surface area contributed by atoms with Gasteiger partial charge in [0.25, 0.3) is 0 Å². The van der Waals surface area contributed by atoms with Crippen LogP contribution in [0.25, 0.3) is 0 Å². The lowest BCUT2D eigenvalue weighted by molar-refractivity contribution is -0.161. The highest BCUT2D eigenvalue weighted by Crippen LogP contribution is 2.45. The Balaban J connectivity index is 5.38. The minimum absolute atomic E-state index is 0.0753. The van der Waals surface area contributed by atoms with Crippen molar-refractivity contribution < 1.29 is 80.2 Å². The molecule has 19 heteroatoms. The summed E-state index contributed by atoms with van der Waals surface area (Å²) in [6.45, 7) is 4.53. The Kier molecular flexibility index (Phi) is 69.5. The monoisotopic (exact) mass is 1440 g/mol. The van der Waals surface area contributed by atoms with Gasteiger partial charge in [-0.3, -0.25) is 37.3 Å². The summed E-state index contributed by atoms with van der Waals surface area (Å²) < 4.78 is 68.5. The summed E-state index contributed by atoms with van der Waals surface area (Å²) in [5.41, 5.74) is 0. The molecule has 0 aromatic rings. The molecule has 0 rings (SSSR count). The molecule has 0 bridgehead atoms. The molecule has 0 amide bonds. The molecular formula is C81H138O17P2. The first-order valence-electron chi connectivity index (χ1n) is 38.8. The molecule has 100 heavy (non-hydrogen) atoms. The topological polar surface area (TPSA) is 237 Å². The number of aliphatic hydroxyl groups excluding tert-OH is 1. The van der Waals surface area contributed by atoms with Gasteiger partial charge in [-0.2, -0.15) is 0 Å². The lowest BCUT2D eigenvalue weighted by Crippen LogP contribution is -2.30. The number of allylic oxidation sites excluding steroid dienone is 20. The third-order valence-electron chi connectivity index (χ3n) is 15.9. The van der Waals surface area contributed by atoms with Gasteiger partial charge in [-0.25, -0.2) is 9.13 Å². The summed E-state index contributed by atoms with van der Waals surface area (Å²) >= 11 is 0. The second kappa shape index (κ2) is 72.8. The summed E-state index contributed by atoms with van der Waals surface area (Å²) in [7, 11) is -9.97. The quantitative estimate of drug-likeness (QED) is 0.0169. The van der Waals surface area contributed by atoms with E-state index < -0.39 is 97.5 Å². The highest BCUT2D eigenvalue weighted by atomic mass is 31.2. The van der Waals surface area contributed by atoms with E-state index in [4.69, 9.17) is 37.0 Å². The van der Waals surface area contributed by atoms with Gasteiger partial charge >= 0.3 is 39.5 Å². The van der Waals surface area contributed by atoms with Crippen molar-refractivity contribution in [2.75, 3.05) is 39.6 Å². The molecule has 0 heterocycles. The Morgan fingerprint density at radius 3 is 0.840 bits per heavy atom. The number of carbonyl (C=O) groups excluding carboxylic acids is 4. The lowest BCUT2D eigenvalue weighted by Gasteiger charge is -2.21. The smallest absolute Gasteiger partial charge is 0.462 e. The lowest BCUT2D eigenvalue weighted by atomic mass is 10.1. The van der Waals surface area contributed by atoms with Crippen molar-refractivity contribution >= 4 is 39.5 Å². The second-order valence-electron chi connectivity index (χ2n) is 25.5. The van der Waals surface area contributed by atoms with Crippen molar-refractivity contribution in [2.24, 2.45) is 0 Å². The molecule has 0 aliphatic carbocycles. The van der Waals surface area contributed by atoms with Crippen LogP contribution in [0.3, 0.4) is 0 Å². The van der Waals surface area contributed by atoms with Crippen LogP contribution < -0.4 is 0 Å². The molecule has 0 saturated carbocycles. The summed E-state index contributed by atoms with van der Waals surface area (Å²) in [4.78, 5) is 72.9. The van der Waals surface area contributed by atoms with Gasteiger partial charge in [-0.05, 0) is 148 Å². The van der Waals surface area contributed by atoms with E-state index in [1.54, 1.807) is 0 Å². The molecular weight excluding hydrogens is 1310 g/mol. The number of phosphoric ester groups is 2. The molecule has 5 unspecified atom stereocenters. The van der Waals surface area contributed by atoms with Crippen LogP contribution in [-0.4, -0.2) is 96.7 Å². The van der Waals surface area contributed by atoms with Crippen LogP contribution in [0.5, 0.6) is 0 Å². The van der Waals surface area contributed by atoms with Gasteiger partial charge in [0, 0.05) is 25.7 Å². The van der Waals surface area contributed by atoms with Crippen LogP contribution in [0, 0.1) is 0 Å². The van der Waals surface area contributed by atoms with E-state index in [-0.39, 0.29) is 25.7 Å². The van der Waals surface area contributed by atoms with Crippen molar-refractivity contribution in [3.8, 4) is 0 Å². The molecule has 5 atom stereocenters. The summed E-state index contributed by atoms with van der Waals surface area (Å²) in [6, 6.07) is 0. The zero-order valence-electron chi connectivity index (χ0n) is 62.6. The maximum atomic E-state index is 13.1. The zero-order valence-corrected chi connectivity index (χ0v) is 64.4. The first-order chi connectivity index (χ1) is 48.7. The van der Waals surface area contributed by atoms with Crippen LogP contribution in [0.15, 0.2) is 122 Å². The van der Waals surface area contributed by atoms with Crippen molar-refractivity contribution in [1.82, 2.24) is 0 Å². The number of aliphatic hydroxyl groups is 1. The molecule has 0 saturated heterocycles. The molecule has 0 aliphatic rings. The highest BCUT2D eigenvalue weighted by molar-refractivity contribution is 7.47. The summed E-state index contributed by atoms with van der Waals surface area (Å²) in [5.74, 6) is -2.23. The molecule has 17 nitrogen and oxygen atoms in total. The van der Waals surface area contributed by atoms with Gasteiger partial charge in [0.1, 0.15) is 19.3 Å². The van der Waals surface area contributed by atoms with Gasteiger partial charge in [-0.15, -0.1) is 0 Å². The van der Waals surface area contributed by atoms with Gasteiger partial charge in [0.05, 0.1) is 26.4 Å². The number of unbranched alkanes of at least 4 members (excludes halogenated alkanes) is 26. The molecule has 0 fully saturated rings. The van der Waals surface area contributed by atoms with Crippen LogP contribution in [0.1, 0.15) is 310 Å². The number of phosphoric acid groups is 2. The minimum atomic E-state index is -4.99. The molecule has 574 valence electrons. The third-order valence-corrected chi connectivity index (χ3v) is 17.8. The number of carbonyl (C=O) groups is 4. The number of esters is 4. The average Bonchev–Trinajstić information content (AvgIpc) is 1.00.